The highest BCUT2D eigenvalue weighted by Gasteiger charge is 2.18. The lowest BCUT2D eigenvalue weighted by atomic mass is 10.0. The van der Waals surface area contributed by atoms with E-state index in [1.165, 1.54) is 0 Å². The van der Waals surface area contributed by atoms with Crippen molar-refractivity contribution >= 4 is 5.97 Å². The summed E-state index contributed by atoms with van der Waals surface area (Å²) in [6.07, 6.45) is 1.53. The molecule has 0 bridgehead atoms. The molecular weight excluding hydrogens is 282 g/mol. The molecule has 2 N–H and O–H groups in total. The average molecular weight is 309 g/mol. The van der Waals surface area contributed by atoms with Crippen LogP contribution in [0.1, 0.15) is 39.2 Å². The third kappa shape index (κ3) is 5.93. The molecule has 0 saturated heterocycles. The van der Waals surface area contributed by atoms with Crippen LogP contribution in [0.3, 0.4) is 0 Å². The summed E-state index contributed by atoms with van der Waals surface area (Å²) < 4.78 is 10.9. The number of carboxylic acids is 1. The fourth-order valence-electron chi connectivity index (χ4n) is 2.14. The molecule has 0 aliphatic rings. The van der Waals surface area contributed by atoms with Gasteiger partial charge in [0.1, 0.15) is 6.04 Å². The molecule has 5 nitrogen and oxygen atoms in total. The summed E-state index contributed by atoms with van der Waals surface area (Å²) in [6, 6.07) is 5.13. The number of benzene rings is 1. The molecule has 22 heavy (non-hydrogen) atoms. The van der Waals surface area contributed by atoms with Crippen LogP contribution in [0, 0.1) is 5.92 Å². The Balaban J connectivity index is 2.70. The maximum absolute atomic E-state index is 11.2. The molecule has 0 aliphatic heterocycles. The average Bonchev–Trinajstić information content (AvgIpc) is 2.49. The molecule has 1 atom stereocenters. The first-order valence-corrected chi connectivity index (χ1v) is 7.73. The van der Waals surface area contributed by atoms with Crippen molar-refractivity contribution in [3.8, 4) is 11.5 Å². The van der Waals surface area contributed by atoms with E-state index < -0.39 is 12.0 Å². The molecule has 1 rings (SSSR count). The van der Waals surface area contributed by atoms with Crippen molar-refractivity contribution in [2.24, 2.45) is 5.92 Å². The van der Waals surface area contributed by atoms with Gasteiger partial charge in [-0.05, 0) is 36.5 Å². The van der Waals surface area contributed by atoms with Gasteiger partial charge in [-0.15, -0.1) is 0 Å². The van der Waals surface area contributed by atoms with Crippen molar-refractivity contribution in [2.75, 3.05) is 13.7 Å². The highest BCUT2D eigenvalue weighted by atomic mass is 16.5. The minimum Gasteiger partial charge on any atom is -0.493 e. The van der Waals surface area contributed by atoms with E-state index in [-0.39, 0.29) is 0 Å². The topological polar surface area (TPSA) is 67.8 Å². The first-order valence-electron chi connectivity index (χ1n) is 7.73. The molecule has 0 unspecified atom stereocenters. The standard InChI is InChI=1S/C17H27NO4/c1-5-8-22-15-7-6-13(10-16(15)21-4)11-18-14(17(19)20)9-12(2)3/h6-7,10,12,14,18H,5,8-9,11H2,1-4H3,(H,19,20)/t14-/m1/s1. The number of methoxy groups -OCH3 is 1. The van der Waals surface area contributed by atoms with Crippen LogP contribution in [-0.2, 0) is 11.3 Å². The van der Waals surface area contributed by atoms with Crippen LogP contribution in [0.5, 0.6) is 11.5 Å². The zero-order valence-corrected chi connectivity index (χ0v) is 13.9. The Morgan fingerprint density at radius 2 is 2.05 bits per heavy atom. The molecule has 0 fully saturated rings. The molecule has 0 heterocycles. The van der Waals surface area contributed by atoms with Gasteiger partial charge in [-0.2, -0.15) is 0 Å². The monoisotopic (exact) mass is 309 g/mol. The van der Waals surface area contributed by atoms with Gasteiger partial charge in [0.2, 0.25) is 0 Å². The van der Waals surface area contributed by atoms with Crippen LogP contribution in [-0.4, -0.2) is 30.8 Å². The Hall–Kier alpha value is -1.75. The third-order valence-electron chi connectivity index (χ3n) is 3.25. The van der Waals surface area contributed by atoms with E-state index in [0.717, 1.165) is 12.0 Å². The number of hydrogen-bond donors (Lipinski definition) is 2. The molecule has 0 aliphatic carbocycles. The van der Waals surface area contributed by atoms with E-state index in [0.29, 0.717) is 37.0 Å². The lowest BCUT2D eigenvalue weighted by molar-refractivity contribution is -0.140. The fraction of sp³-hybridized carbons (Fsp3) is 0.588. The number of nitrogens with one attached hydrogen (secondary N) is 1. The maximum Gasteiger partial charge on any atom is 0.320 e. The molecule has 0 amide bonds. The number of carbonyl (C=O) groups is 1. The summed E-state index contributed by atoms with van der Waals surface area (Å²) in [7, 11) is 1.60. The summed E-state index contributed by atoms with van der Waals surface area (Å²) in [5.74, 6) is 0.894. The predicted octanol–water partition coefficient (Wildman–Crippen LogP) is 3.07. The van der Waals surface area contributed by atoms with E-state index in [2.05, 4.69) is 5.32 Å². The first-order chi connectivity index (χ1) is 10.5. The van der Waals surface area contributed by atoms with E-state index >= 15 is 0 Å². The van der Waals surface area contributed by atoms with Gasteiger partial charge in [0, 0.05) is 6.54 Å². The molecule has 124 valence electrons. The first kappa shape index (κ1) is 18.3. The van der Waals surface area contributed by atoms with Gasteiger partial charge in [-0.3, -0.25) is 4.79 Å². The Labute approximate surface area is 132 Å². The quantitative estimate of drug-likeness (QED) is 0.695. The number of carboxylic acid groups (broad SMARTS) is 1. The smallest absolute Gasteiger partial charge is 0.320 e. The lowest BCUT2D eigenvalue weighted by Gasteiger charge is -2.17. The van der Waals surface area contributed by atoms with Crippen LogP contribution in [0.25, 0.3) is 0 Å². The van der Waals surface area contributed by atoms with Crippen molar-refractivity contribution in [1.82, 2.24) is 5.32 Å². The van der Waals surface area contributed by atoms with E-state index in [4.69, 9.17) is 9.47 Å². The molecule has 0 spiro atoms. The highest BCUT2D eigenvalue weighted by molar-refractivity contribution is 5.73. The number of aliphatic carboxylic acids is 1. The summed E-state index contributed by atoms with van der Waals surface area (Å²) in [4.78, 5) is 11.2. The third-order valence-corrected chi connectivity index (χ3v) is 3.25. The van der Waals surface area contributed by atoms with Crippen molar-refractivity contribution in [1.29, 1.82) is 0 Å². The van der Waals surface area contributed by atoms with Crippen LogP contribution in [0.2, 0.25) is 0 Å². The van der Waals surface area contributed by atoms with Gasteiger partial charge >= 0.3 is 5.97 Å². The summed E-state index contributed by atoms with van der Waals surface area (Å²) in [5, 5.41) is 12.3. The molecule has 5 heteroatoms. The predicted molar refractivity (Wildman–Crippen MR) is 86.5 cm³/mol. The summed E-state index contributed by atoms with van der Waals surface area (Å²) >= 11 is 0. The molecule has 0 saturated carbocycles. The molecule has 1 aromatic rings. The maximum atomic E-state index is 11.2. The molecule has 1 aromatic carbocycles. The Morgan fingerprint density at radius 1 is 1.32 bits per heavy atom. The SMILES string of the molecule is CCCOc1ccc(CN[C@H](CC(C)C)C(=O)O)cc1OC. The van der Waals surface area contributed by atoms with Gasteiger partial charge in [0.05, 0.1) is 13.7 Å². The Kier molecular flexibility index (Phi) is 7.74. The van der Waals surface area contributed by atoms with Crippen molar-refractivity contribution in [3.63, 3.8) is 0 Å². The van der Waals surface area contributed by atoms with Crippen molar-refractivity contribution in [2.45, 2.75) is 46.2 Å². The molecular formula is C17H27NO4. The van der Waals surface area contributed by atoms with Crippen LogP contribution >= 0.6 is 0 Å². The van der Waals surface area contributed by atoms with Gasteiger partial charge in [0.25, 0.3) is 0 Å². The van der Waals surface area contributed by atoms with Gasteiger partial charge < -0.3 is 19.9 Å². The van der Waals surface area contributed by atoms with Gasteiger partial charge in [-0.1, -0.05) is 26.8 Å². The van der Waals surface area contributed by atoms with Gasteiger partial charge in [-0.25, -0.2) is 0 Å². The fourth-order valence-corrected chi connectivity index (χ4v) is 2.14. The van der Waals surface area contributed by atoms with E-state index in [1.807, 2.05) is 39.0 Å². The second-order valence-corrected chi connectivity index (χ2v) is 5.73. The van der Waals surface area contributed by atoms with Crippen molar-refractivity contribution in [3.05, 3.63) is 23.8 Å². The second-order valence-electron chi connectivity index (χ2n) is 5.73. The Bertz CT molecular complexity index is 474. The zero-order chi connectivity index (χ0) is 16.5. The van der Waals surface area contributed by atoms with Crippen molar-refractivity contribution < 1.29 is 19.4 Å². The number of ether oxygens (including phenoxy) is 2. The van der Waals surface area contributed by atoms with Crippen LogP contribution in [0.4, 0.5) is 0 Å². The largest absolute Gasteiger partial charge is 0.493 e. The second kappa shape index (κ2) is 9.30. The summed E-state index contributed by atoms with van der Waals surface area (Å²) in [6.45, 7) is 7.20. The van der Waals surface area contributed by atoms with Gasteiger partial charge in [0.15, 0.2) is 11.5 Å². The number of hydrogen-bond acceptors (Lipinski definition) is 4. The normalized spacial score (nSPS) is 12.2. The number of rotatable bonds is 10. The van der Waals surface area contributed by atoms with Crippen LogP contribution in [0.15, 0.2) is 18.2 Å². The van der Waals surface area contributed by atoms with E-state index in [9.17, 15) is 9.90 Å². The highest BCUT2D eigenvalue weighted by Crippen LogP contribution is 2.28. The Morgan fingerprint density at radius 3 is 2.59 bits per heavy atom. The zero-order valence-electron chi connectivity index (χ0n) is 13.9. The summed E-state index contributed by atoms with van der Waals surface area (Å²) in [5.41, 5.74) is 0.968. The molecule has 0 radical (unpaired) electrons. The molecule has 0 aromatic heterocycles. The van der Waals surface area contributed by atoms with E-state index in [1.54, 1.807) is 7.11 Å². The van der Waals surface area contributed by atoms with Crippen LogP contribution < -0.4 is 14.8 Å². The minimum absolute atomic E-state index is 0.327. The lowest BCUT2D eigenvalue weighted by Crippen LogP contribution is -2.37. The minimum atomic E-state index is -0.816.